The summed E-state index contributed by atoms with van der Waals surface area (Å²) in [4.78, 5) is 11.9. The Hall–Kier alpha value is -11.3. The Kier molecular flexibility index (Phi) is 27.6. The van der Waals surface area contributed by atoms with E-state index in [2.05, 4.69) is 287 Å². The fourth-order valence-electron chi connectivity index (χ4n) is 20.5. The summed E-state index contributed by atoms with van der Waals surface area (Å²) >= 11 is 12.8. The van der Waals surface area contributed by atoms with Crippen molar-refractivity contribution in [3.05, 3.63) is 351 Å². The highest BCUT2D eigenvalue weighted by Gasteiger charge is 2.34. The number of aromatic nitrogens is 5. The fraction of sp³-hybridized carbons (Fsp3) is 0.304. The van der Waals surface area contributed by atoms with E-state index in [0.29, 0.717) is 46.4 Å². The van der Waals surface area contributed by atoms with Gasteiger partial charge in [0.05, 0.1) is 27.6 Å². The van der Waals surface area contributed by atoms with Crippen LogP contribution in [0.1, 0.15) is 211 Å². The van der Waals surface area contributed by atoms with Gasteiger partial charge in [0.25, 0.3) is 0 Å². The molecule has 10 heterocycles. The summed E-state index contributed by atoms with van der Waals surface area (Å²) in [5.74, 6) is -0.715. The second-order valence-electron chi connectivity index (χ2n) is 37.4. The summed E-state index contributed by atoms with van der Waals surface area (Å²) in [6.45, 7) is 37.4. The fourth-order valence-corrected chi connectivity index (χ4v) is 21.1. The lowest BCUT2D eigenvalue weighted by atomic mass is 9.98. The molecule has 0 bridgehead atoms. The topological polar surface area (TPSA) is 40.9 Å². The van der Waals surface area contributed by atoms with Gasteiger partial charge in [0.1, 0.15) is 23.3 Å². The Bertz CT molecular complexity index is 6390. The number of nitrogens with zero attached hydrogens (tertiary/aromatic N) is 10. The van der Waals surface area contributed by atoms with Crippen LogP contribution in [0.2, 0.25) is 10.0 Å². The van der Waals surface area contributed by atoms with Crippen molar-refractivity contribution in [2.75, 3.05) is 68.0 Å². The van der Waals surface area contributed by atoms with E-state index in [-0.39, 0.29) is 29.3 Å². The summed E-state index contributed by atoms with van der Waals surface area (Å²) < 4.78 is 68.5. The molecule has 10 nitrogen and oxygen atoms in total. The number of fused-ring (bicyclic) bond motifs is 15. The minimum absolute atomic E-state index is 0.174. The largest absolute Gasteiger partial charge is 0.318 e. The van der Waals surface area contributed by atoms with E-state index in [1.807, 2.05) is 88.4 Å². The molecule has 0 amide bonds. The van der Waals surface area contributed by atoms with Crippen LogP contribution in [-0.4, -0.2) is 115 Å². The number of halogens is 6. The third kappa shape index (κ3) is 18.5. The molecule has 0 saturated heterocycles. The molecule has 5 unspecified atom stereocenters. The van der Waals surface area contributed by atoms with Crippen molar-refractivity contribution in [3.63, 3.8) is 0 Å². The Morgan fingerprint density at radius 2 is 0.473 bits per heavy atom. The SMILES string of the molecule is C/C(=C/n1c2c(c3cc(C)ccc31)CCN(C)C2C)c1ccc(C)cc1Cl.C/C(=C/n1c2c(c3cc(C)ccc31)CCN(C)C2C)c1ccccc1F.C/C(=C/n1c2c(c3cc(C)ccc31)CCN(C)C2C)c1ccccc1F.C/C(=C\n1c2c(c3cc(C)ccc31)CCN(C)C2C)c1ccccc1F.C/C(=C\n1c2c(c3cc(Cl)ccc31)CCN(C)C2C)c1ccccc1F. The summed E-state index contributed by atoms with van der Waals surface area (Å²) in [7, 11) is 10.9. The van der Waals surface area contributed by atoms with Crippen LogP contribution in [0.3, 0.4) is 0 Å². The highest BCUT2D eigenvalue weighted by molar-refractivity contribution is 6.32. The summed E-state index contributed by atoms with van der Waals surface area (Å²) in [5, 5.41) is 8.15. The third-order valence-electron chi connectivity index (χ3n) is 28.5. The van der Waals surface area contributed by atoms with E-state index < -0.39 is 0 Å². The van der Waals surface area contributed by atoms with Crippen molar-refractivity contribution in [2.24, 2.45) is 0 Å². The van der Waals surface area contributed by atoms with Crippen molar-refractivity contribution < 1.29 is 17.6 Å². The minimum atomic E-state index is -0.195. The smallest absolute Gasteiger partial charge is 0.130 e. The molecule has 10 aromatic carbocycles. The van der Waals surface area contributed by atoms with E-state index in [0.717, 1.165) is 108 Å². The summed E-state index contributed by atoms with van der Waals surface area (Å²) in [6.07, 6.45) is 15.9. The molecule has 20 rings (SSSR count). The first kappa shape index (κ1) is 93.0. The molecule has 0 aliphatic carbocycles. The number of hydrogen-bond acceptors (Lipinski definition) is 5. The first-order valence-electron chi connectivity index (χ1n) is 46.3. The monoisotopic (exact) mass is 1790 g/mol. The molecular formula is C115H124Cl2F4N10. The molecule has 0 N–H and O–H groups in total. The van der Waals surface area contributed by atoms with Crippen molar-refractivity contribution in [1.29, 1.82) is 0 Å². The molecule has 15 aromatic rings. The first-order chi connectivity index (χ1) is 62.7. The van der Waals surface area contributed by atoms with Crippen molar-refractivity contribution >= 4 is 137 Å². The average Bonchev–Trinajstić information content (AvgIpc) is 1.62. The van der Waals surface area contributed by atoms with E-state index >= 15 is 0 Å². The molecule has 0 radical (unpaired) electrons. The van der Waals surface area contributed by atoms with Gasteiger partial charge >= 0.3 is 0 Å². The predicted octanol–water partition coefficient (Wildman–Crippen LogP) is 29.4. The third-order valence-corrected chi connectivity index (χ3v) is 29.1. The highest BCUT2D eigenvalue weighted by atomic mass is 35.5. The van der Waals surface area contributed by atoms with Gasteiger partial charge in [-0.15, -0.1) is 0 Å². The lowest BCUT2D eigenvalue weighted by molar-refractivity contribution is 0.242. The van der Waals surface area contributed by atoms with Crippen LogP contribution in [0.15, 0.2) is 206 Å². The minimum Gasteiger partial charge on any atom is -0.318 e. The molecule has 0 saturated carbocycles. The maximum atomic E-state index is 14.3. The molecule has 0 spiro atoms. The van der Waals surface area contributed by atoms with E-state index in [4.69, 9.17) is 23.2 Å². The molecule has 16 heteroatoms. The molecule has 5 atom stereocenters. The molecule has 5 aliphatic heterocycles. The second kappa shape index (κ2) is 38.9. The second-order valence-corrected chi connectivity index (χ2v) is 38.3. The van der Waals surface area contributed by atoms with Gasteiger partial charge in [-0.05, 0) is 335 Å². The maximum Gasteiger partial charge on any atom is 0.130 e. The van der Waals surface area contributed by atoms with Crippen molar-refractivity contribution in [2.45, 2.75) is 166 Å². The van der Waals surface area contributed by atoms with E-state index in [9.17, 15) is 17.6 Å². The van der Waals surface area contributed by atoms with Crippen molar-refractivity contribution in [1.82, 2.24) is 47.3 Å². The summed E-state index contributed by atoms with van der Waals surface area (Å²) in [5.41, 5.74) is 34.8. The zero-order chi connectivity index (χ0) is 93.0. The molecular weight excluding hydrogens is 1670 g/mol. The summed E-state index contributed by atoms with van der Waals surface area (Å²) in [6, 6.07) is 68.6. The molecule has 5 aliphatic rings. The molecule has 131 heavy (non-hydrogen) atoms. The predicted molar refractivity (Wildman–Crippen MR) is 548 cm³/mol. The number of likely N-dealkylation sites (N-methyl/N-ethyl adjacent to an activating group) is 5. The Labute approximate surface area is 781 Å². The van der Waals surface area contributed by atoms with Gasteiger partial charge in [0.15, 0.2) is 0 Å². The molecule has 5 aromatic heterocycles. The van der Waals surface area contributed by atoms with Crippen LogP contribution < -0.4 is 0 Å². The standard InChI is InChI=1S/C24H27ClN2.3C23H25FN2.C22H22ClFN2/c1-15-7-9-23-21(12-15)20-10-11-26(5)18(4)24(20)27(23)14-17(3)19-8-6-16(2)13-22(19)25;3*1-15-9-10-22-20(13-15)19-11-12-25(4)17(3)23(19)26(22)14-16(2)18-7-5-6-8-21(18)24;1-14(17-6-4-5-7-20(17)24)13-26-21-9-8-16(23)12-19(21)18-10-11-25(3)15(2)22(18)26/h6-9,12-14,18H,10-11H2,1-5H3;3*5-10,13-14,17H,11-12H2,1-4H3;4-9,12-13,15H,10-11H2,1-3H3/b17-14-;16-14+;2*16-14-;14-13+. The average molecular weight is 1790 g/mol. The van der Waals surface area contributed by atoms with Gasteiger partial charge in [0.2, 0.25) is 0 Å². The van der Waals surface area contributed by atoms with Gasteiger partial charge in [-0.1, -0.05) is 155 Å². The Morgan fingerprint density at radius 1 is 0.267 bits per heavy atom. The highest BCUT2D eigenvalue weighted by Crippen LogP contribution is 2.45. The van der Waals surface area contributed by atoms with Gasteiger partial charge < -0.3 is 22.8 Å². The lowest BCUT2D eigenvalue weighted by Gasteiger charge is -2.31. The van der Waals surface area contributed by atoms with Gasteiger partial charge in [-0.2, -0.15) is 0 Å². The van der Waals surface area contributed by atoms with Crippen LogP contribution in [-0.2, 0) is 32.1 Å². The van der Waals surface area contributed by atoms with Crippen LogP contribution in [0.4, 0.5) is 17.6 Å². The number of aryl methyl sites for hydroxylation is 5. The van der Waals surface area contributed by atoms with Gasteiger partial charge in [0, 0.05) is 182 Å². The number of rotatable bonds is 10. The number of allylic oxidation sites excluding steroid dienone is 5. The number of hydrogen-bond donors (Lipinski definition) is 0. The lowest BCUT2D eigenvalue weighted by Crippen LogP contribution is -2.31. The van der Waals surface area contributed by atoms with Crippen LogP contribution in [0.5, 0.6) is 0 Å². The first-order valence-corrected chi connectivity index (χ1v) is 47.1. The number of benzene rings is 10. The van der Waals surface area contributed by atoms with Crippen molar-refractivity contribution in [3.8, 4) is 0 Å². The Morgan fingerprint density at radius 3 is 0.710 bits per heavy atom. The zero-order valence-electron chi connectivity index (χ0n) is 79.7. The quantitative estimate of drug-likeness (QED) is 0.128. The van der Waals surface area contributed by atoms with Crippen LogP contribution in [0, 0.1) is 57.9 Å². The molecule has 676 valence electrons. The zero-order valence-corrected chi connectivity index (χ0v) is 81.2. The normalized spacial score (nSPS) is 18.3. The van der Waals surface area contributed by atoms with Crippen LogP contribution in [0.25, 0.3) is 113 Å². The van der Waals surface area contributed by atoms with E-state index in [1.54, 1.807) is 24.3 Å². The maximum absolute atomic E-state index is 14.3. The Balaban J connectivity index is 0.000000120. The van der Waals surface area contributed by atoms with Crippen LogP contribution >= 0.6 is 23.2 Å². The van der Waals surface area contributed by atoms with Gasteiger partial charge in [-0.25, -0.2) is 17.6 Å². The molecule has 0 fully saturated rings. The van der Waals surface area contributed by atoms with Gasteiger partial charge in [-0.3, -0.25) is 24.5 Å². The van der Waals surface area contributed by atoms with E-state index in [1.165, 1.54) is 163 Å².